The summed E-state index contributed by atoms with van der Waals surface area (Å²) < 4.78 is 1.40. The van der Waals surface area contributed by atoms with E-state index in [4.69, 9.17) is 0 Å². The van der Waals surface area contributed by atoms with E-state index in [-0.39, 0.29) is 23.6 Å². The number of imide groups is 1. The highest BCUT2D eigenvalue weighted by molar-refractivity contribution is 8.03. The van der Waals surface area contributed by atoms with Crippen molar-refractivity contribution >= 4 is 41.7 Å². The van der Waals surface area contributed by atoms with E-state index in [0.717, 1.165) is 28.2 Å². The first-order valence-corrected chi connectivity index (χ1v) is 9.97. The summed E-state index contributed by atoms with van der Waals surface area (Å²) in [6.07, 6.45) is 7.33. The van der Waals surface area contributed by atoms with Gasteiger partial charge >= 0.3 is 11.9 Å². The van der Waals surface area contributed by atoms with Crippen LogP contribution in [0.3, 0.4) is 0 Å². The lowest BCUT2D eigenvalue weighted by Crippen LogP contribution is -2.52. The predicted molar refractivity (Wildman–Crippen MR) is 102 cm³/mol. The van der Waals surface area contributed by atoms with Gasteiger partial charge in [0.25, 0.3) is 5.84 Å². The van der Waals surface area contributed by atoms with Crippen molar-refractivity contribution in [2.24, 2.45) is 10.9 Å². The molecule has 1 atom stereocenters. The maximum absolute atomic E-state index is 12.7. The molecule has 0 bridgehead atoms. The van der Waals surface area contributed by atoms with Gasteiger partial charge in [-0.05, 0) is 25.3 Å². The van der Waals surface area contributed by atoms with Crippen molar-refractivity contribution in [1.82, 2.24) is 10.2 Å². The number of nitrogens with zero attached hydrogens (tertiary/aromatic N) is 3. The number of hydrogen-bond donors (Lipinski definition) is 1. The summed E-state index contributed by atoms with van der Waals surface area (Å²) in [5.74, 6) is -0.226. The molecule has 0 aromatic rings. The highest BCUT2D eigenvalue weighted by Crippen LogP contribution is 2.34. The third-order valence-corrected chi connectivity index (χ3v) is 6.40. The average molecular weight is 377 g/mol. The Morgan fingerprint density at radius 2 is 2.04 bits per heavy atom. The molecule has 1 unspecified atom stereocenters. The summed E-state index contributed by atoms with van der Waals surface area (Å²) in [4.78, 5) is 43.3. The Hall–Kier alpha value is -1.96. The quantitative estimate of drug-likeness (QED) is 0.757. The molecule has 0 radical (unpaired) electrons. The van der Waals surface area contributed by atoms with Gasteiger partial charge in [0.15, 0.2) is 5.92 Å². The van der Waals surface area contributed by atoms with Gasteiger partial charge in [-0.15, -0.1) is 16.8 Å². The molecular weight excluding hydrogens is 352 g/mol. The monoisotopic (exact) mass is 377 g/mol. The van der Waals surface area contributed by atoms with Crippen molar-refractivity contribution in [2.45, 2.75) is 45.1 Å². The number of amides is 4. The number of aliphatic imine (C=N–C) groups is 1. The fourth-order valence-corrected chi connectivity index (χ4v) is 4.64. The molecule has 26 heavy (non-hydrogen) atoms. The van der Waals surface area contributed by atoms with Gasteiger partial charge in [0.2, 0.25) is 5.91 Å². The van der Waals surface area contributed by atoms with E-state index in [9.17, 15) is 14.4 Å². The van der Waals surface area contributed by atoms with Crippen LogP contribution in [0.15, 0.2) is 15.5 Å². The maximum atomic E-state index is 12.7. The summed E-state index contributed by atoms with van der Waals surface area (Å²) in [6, 6.07) is -0.120. The van der Waals surface area contributed by atoms with Crippen molar-refractivity contribution in [3.8, 4) is 0 Å². The first-order valence-electron chi connectivity index (χ1n) is 8.99. The van der Waals surface area contributed by atoms with Crippen LogP contribution in [-0.2, 0) is 9.59 Å². The predicted octanol–water partition coefficient (Wildman–Crippen LogP) is 1.78. The van der Waals surface area contributed by atoms with Crippen molar-refractivity contribution in [2.75, 3.05) is 19.8 Å². The molecule has 0 saturated heterocycles. The number of rotatable bonds is 4. The Kier molecular flexibility index (Phi) is 5.60. The van der Waals surface area contributed by atoms with Crippen LogP contribution < -0.4 is 5.32 Å². The van der Waals surface area contributed by atoms with E-state index >= 15 is 0 Å². The number of dihydropyridines is 1. The number of carbonyl (C=O) groups excluding carboxylic acids is 3. The molecule has 0 aromatic heterocycles. The van der Waals surface area contributed by atoms with Gasteiger partial charge in [0, 0.05) is 10.9 Å². The van der Waals surface area contributed by atoms with E-state index in [1.807, 2.05) is 6.92 Å². The minimum absolute atomic E-state index is 0.00712. The lowest BCUT2D eigenvalue weighted by molar-refractivity contribution is -0.407. The van der Waals surface area contributed by atoms with Crippen molar-refractivity contribution in [1.29, 1.82) is 0 Å². The molecule has 3 rings (SSSR count). The first kappa shape index (κ1) is 18.8. The Bertz CT molecular complexity index is 735. The molecule has 0 aromatic carbocycles. The standard InChI is InChI=1S/C18H24N4O3S/c1-11-9-19-16-14(17(24)22(3)18(25)21(16)2)15(11)26-10-13(23)20-12-7-5-4-6-8-12/h9,12,14H,4-8,10H2,1-3H3/p+1. The summed E-state index contributed by atoms with van der Waals surface area (Å²) in [7, 11) is 3.09. The number of allylic oxidation sites excluding steroid dienone is 1. The minimum atomic E-state index is -0.611. The van der Waals surface area contributed by atoms with Gasteiger partial charge in [-0.2, -0.15) is 9.48 Å². The van der Waals surface area contributed by atoms with Crippen LogP contribution in [0.1, 0.15) is 39.0 Å². The van der Waals surface area contributed by atoms with Crippen LogP contribution in [-0.4, -0.2) is 65.3 Å². The number of urea groups is 1. The average Bonchev–Trinajstić information content (AvgIpc) is 2.64. The Balaban J connectivity index is 1.72. The largest absolute Gasteiger partial charge is 0.445 e. The molecule has 2 heterocycles. The van der Waals surface area contributed by atoms with Gasteiger partial charge < -0.3 is 5.32 Å². The van der Waals surface area contributed by atoms with Gasteiger partial charge in [-0.1, -0.05) is 19.3 Å². The third kappa shape index (κ3) is 3.60. The summed E-state index contributed by atoms with van der Waals surface area (Å²) >= 11 is 1.37. The van der Waals surface area contributed by atoms with Gasteiger partial charge in [-0.25, -0.2) is 4.79 Å². The number of thioether (sulfide) groups is 1. The molecule has 7 nitrogen and oxygen atoms in total. The van der Waals surface area contributed by atoms with E-state index in [1.165, 1.54) is 42.6 Å². The van der Waals surface area contributed by atoms with E-state index in [2.05, 4.69) is 10.3 Å². The van der Waals surface area contributed by atoms with Crippen LogP contribution in [0.25, 0.3) is 0 Å². The normalized spacial score (nSPS) is 24.3. The molecule has 0 spiro atoms. The van der Waals surface area contributed by atoms with Crippen molar-refractivity contribution < 1.29 is 19.0 Å². The molecule has 3 aliphatic rings. The first-order chi connectivity index (χ1) is 12.4. The van der Waals surface area contributed by atoms with Crippen molar-refractivity contribution in [3.63, 3.8) is 0 Å². The van der Waals surface area contributed by atoms with Crippen LogP contribution in [0.5, 0.6) is 0 Å². The second-order valence-electron chi connectivity index (χ2n) is 7.03. The van der Waals surface area contributed by atoms with Gasteiger partial charge in [0.05, 0.1) is 19.8 Å². The minimum Gasteiger partial charge on any atom is -0.353 e. The highest BCUT2D eigenvalue weighted by Gasteiger charge is 2.47. The second-order valence-corrected chi connectivity index (χ2v) is 8.04. The zero-order chi connectivity index (χ0) is 18.8. The number of carbonyl (C=O) groups is 3. The summed E-state index contributed by atoms with van der Waals surface area (Å²) in [6.45, 7) is 1.88. The maximum Gasteiger partial charge on any atom is 0.445 e. The zero-order valence-corrected chi connectivity index (χ0v) is 16.3. The Morgan fingerprint density at radius 3 is 2.73 bits per heavy atom. The number of amidine groups is 1. The molecule has 1 N–H and O–H groups in total. The molecule has 2 aliphatic heterocycles. The Morgan fingerprint density at radius 1 is 1.35 bits per heavy atom. The van der Waals surface area contributed by atoms with Crippen LogP contribution in [0.4, 0.5) is 4.79 Å². The molecule has 8 heteroatoms. The number of nitrogens with one attached hydrogen (secondary N) is 1. The molecule has 1 fully saturated rings. The van der Waals surface area contributed by atoms with E-state index in [0.29, 0.717) is 5.84 Å². The zero-order valence-electron chi connectivity index (χ0n) is 15.4. The topological polar surface area (TPSA) is 81.9 Å². The lowest BCUT2D eigenvalue weighted by Gasteiger charge is -2.27. The fraction of sp³-hybridized carbons (Fsp3) is 0.611. The third-order valence-electron chi connectivity index (χ3n) is 5.12. The summed E-state index contributed by atoms with van der Waals surface area (Å²) in [5, 5.41) is 3.10. The molecule has 4 amide bonds. The summed E-state index contributed by atoms with van der Waals surface area (Å²) in [5.41, 5.74) is 0.860. The lowest BCUT2D eigenvalue weighted by atomic mass is 9.95. The SMILES string of the molecule is CC1=C(SCC(=O)NC2CCCCC2)C2C(=O)N(C)C(=O)[N+](C)=C2N=C1. The molecule has 1 saturated carbocycles. The fourth-order valence-electron chi connectivity index (χ4n) is 3.62. The van der Waals surface area contributed by atoms with Crippen LogP contribution >= 0.6 is 11.8 Å². The Labute approximate surface area is 157 Å². The van der Waals surface area contributed by atoms with Crippen LogP contribution in [0.2, 0.25) is 0 Å². The van der Waals surface area contributed by atoms with E-state index < -0.39 is 11.9 Å². The van der Waals surface area contributed by atoms with Crippen molar-refractivity contribution in [3.05, 3.63) is 10.5 Å². The molecule has 140 valence electrons. The number of hydrogen-bond acceptors (Lipinski definition) is 5. The van der Waals surface area contributed by atoms with Gasteiger partial charge in [-0.3, -0.25) is 9.59 Å². The molecule has 1 aliphatic carbocycles. The highest BCUT2D eigenvalue weighted by atomic mass is 32.2. The smallest absolute Gasteiger partial charge is 0.353 e. The van der Waals surface area contributed by atoms with Gasteiger partial charge in [0.1, 0.15) is 6.21 Å². The van der Waals surface area contributed by atoms with E-state index in [1.54, 1.807) is 13.3 Å². The second kappa shape index (κ2) is 7.73. The molecular formula is C18H25N4O3S+. The van der Waals surface area contributed by atoms with Crippen LogP contribution in [0, 0.1) is 5.92 Å². The number of fused-ring (bicyclic) bond motifs is 1.